The molecule has 2 heterocycles. The predicted octanol–water partition coefficient (Wildman–Crippen LogP) is 4.68. The molecule has 2 aromatic heterocycles. The highest BCUT2D eigenvalue weighted by molar-refractivity contribution is 5.80. The first-order valence-corrected chi connectivity index (χ1v) is 8.86. The minimum atomic E-state index is 0.169. The van der Waals surface area contributed by atoms with Crippen molar-refractivity contribution in [2.75, 3.05) is 14.1 Å². The van der Waals surface area contributed by atoms with Gasteiger partial charge in [0.2, 0.25) is 0 Å². The van der Waals surface area contributed by atoms with Crippen LogP contribution in [0.15, 0.2) is 54.9 Å². The Balaban J connectivity index is 1.61. The highest BCUT2D eigenvalue weighted by Gasteiger charge is 2.39. The molecule has 0 unspecified atom stereocenters. The molecule has 0 spiro atoms. The summed E-state index contributed by atoms with van der Waals surface area (Å²) in [6.45, 7) is 0. The molecule has 1 aliphatic rings. The van der Waals surface area contributed by atoms with E-state index in [1.807, 2.05) is 12.3 Å². The van der Waals surface area contributed by atoms with E-state index in [1.165, 1.54) is 42.2 Å². The molecule has 124 valence electrons. The van der Waals surface area contributed by atoms with Gasteiger partial charge in [0.25, 0.3) is 0 Å². The number of aromatic nitrogens is 2. The number of hydrogen-bond acceptors (Lipinski definition) is 2. The third-order valence-electron chi connectivity index (χ3n) is 5.90. The average Bonchev–Trinajstić information content (AvgIpc) is 3.06. The Bertz CT molecular complexity index is 811. The standard InChI is InChI=1S/C21H25N3/c1-24(2)21(17-7-4-3-5-8-17)12-10-16(11-13-21)19-15-23-20-18(19)9-6-14-22-20/h3-9,14-16H,10-13H2,1-2H3,(H,22,23). The maximum absolute atomic E-state index is 4.44. The van der Waals surface area contributed by atoms with Crippen LogP contribution in [-0.4, -0.2) is 29.0 Å². The van der Waals surface area contributed by atoms with Crippen LogP contribution in [0.2, 0.25) is 0 Å². The van der Waals surface area contributed by atoms with Gasteiger partial charge < -0.3 is 4.98 Å². The number of rotatable bonds is 3. The fourth-order valence-electron chi connectivity index (χ4n) is 4.46. The molecule has 1 aliphatic carbocycles. The third-order valence-corrected chi connectivity index (χ3v) is 5.90. The lowest BCUT2D eigenvalue weighted by Crippen LogP contribution is -2.44. The molecular weight excluding hydrogens is 294 g/mol. The molecule has 0 bridgehead atoms. The third kappa shape index (κ3) is 2.44. The molecule has 3 aromatic rings. The predicted molar refractivity (Wildman–Crippen MR) is 99.1 cm³/mol. The van der Waals surface area contributed by atoms with Crippen LogP contribution in [0.3, 0.4) is 0 Å². The van der Waals surface area contributed by atoms with E-state index in [2.05, 4.69) is 71.6 Å². The minimum absolute atomic E-state index is 0.169. The summed E-state index contributed by atoms with van der Waals surface area (Å²) in [6, 6.07) is 15.2. The summed E-state index contributed by atoms with van der Waals surface area (Å²) < 4.78 is 0. The molecule has 24 heavy (non-hydrogen) atoms. The number of pyridine rings is 1. The van der Waals surface area contributed by atoms with Gasteiger partial charge >= 0.3 is 0 Å². The fourth-order valence-corrected chi connectivity index (χ4v) is 4.46. The van der Waals surface area contributed by atoms with Crippen LogP contribution in [-0.2, 0) is 5.54 Å². The van der Waals surface area contributed by atoms with Gasteiger partial charge in [-0.1, -0.05) is 30.3 Å². The van der Waals surface area contributed by atoms with Gasteiger partial charge in [0.15, 0.2) is 0 Å². The van der Waals surface area contributed by atoms with E-state index < -0.39 is 0 Å². The van der Waals surface area contributed by atoms with Gasteiger partial charge in [0.05, 0.1) is 0 Å². The molecule has 0 amide bonds. The zero-order chi connectivity index (χ0) is 16.6. The van der Waals surface area contributed by atoms with E-state index in [1.54, 1.807) is 0 Å². The number of nitrogens with one attached hydrogen (secondary N) is 1. The highest BCUT2D eigenvalue weighted by atomic mass is 15.1. The number of H-pyrrole nitrogens is 1. The summed E-state index contributed by atoms with van der Waals surface area (Å²) in [4.78, 5) is 10.2. The second-order valence-electron chi connectivity index (χ2n) is 7.21. The maximum Gasteiger partial charge on any atom is 0.137 e. The van der Waals surface area contributed by atoms with E-state index in [0.29, 0.717) is 5.92 Å². The Morgan fingerprint density at radius 3 is 2.50 bits per heavy atom. The number of fused-ring (bicyclic) bond motifs is 1. The molecule has 1 aromatic carbocycles. The van der Waals surface area contributed by atoms with Gasteiger partial charge in [-0.05, 0) is 69.0 Å². The number of nitrogens with zero attached hydrogens (tertiary/aromatic N) is 2. The molecule has 1 N–H and O–H groups in total. The van der Waals surface area contributed by atoms with Crippen LogP contribution in [0, 0.1) is 0 Å². The normalized spacial score (nSPS) is 24.5. The molecule has 0 aliphatic heterocycles. The van der Waals surface area contributed by atoms with Crippen molar-refractivity contribution in [2.24, 2.45) is 0 Å². The van der Waals surface area contributed by atoms with E-state index >= 15 is 0 Å². The van der Waals surface area contributed by atoms with Gasteiger partial charge in [0, 0.05) is 23.3 Å². The van der Waals surface area contributed by atoms with Crippen molar-refractivity contribution in [3.05, 3.63) is 66.0 Å². The zero-order valence-corrected chi connectivity index (χ0v) is 14.5. The van der Waals surface area contributed by atoms with Crippen molar-refractivity contribution in [3.8, 4) is 0 Å². The second-order valence-corrected chi connectivity index (χ2v) is 7.21. The van der Waals surface area contributed by atoms with Crippen LogP contribution in [0.4, 0.5) is 0 Å². The van der Waals surface area contributed by atoms with Gasteiger partial charge in [0.1, 0.15) is 5.65 Å². The molecule has 4 rings (SSSR count). The fraction of sp³-hybridized carbons (Fsp3) is 0.381. The second kappa shape index (κ2) is 6.06. The topological polar surface area (TPSA) is 31.9 Å². The van der Waals surface area contributed by atoms with Gasteiger partial charge in [-0.3, -0.25) is 4.90 Å². The van der Waals surface area contributed by atoms with E-state index in [-0.39, 0.29) is 5.54 Å². The number of hydrogen-bond donors (Lipinski definition) is 1. The zero-order valence-electron chi connectivity index (χ0n) is 14.5. The highest BCUT2D eigenvalue weighted by Crippen LogP contribution is 2.47. The summed E-state index contributed by atoms with van der Waals surface area (Å²) in [7, 11) is 4.45. The van der Waals surface area contributed by atoms with Crippen molar-refractivity contribution in [1.29, 1.82) is 0 Å². The van der Waals surface area contributed by atoms with Crippen molar-refractivity contribution in [3.63, 3.8) is 0 Å². The van der Waals surface area contributed by atoms with Crippen LogP contribution in [0.1, 0.15) is 42.7 Å². The first-order chi connectivity index (χ1) is 11.7. The smallest absolute Gasteiger partial charge is 0.137 e. The minimum Gasteiger partial charge on any atom is -0.346 e. The van der Waals surface area contributed by atoms with E-state index in [4.69, 9.17) is 0 Å². The Hall–Kier alpha value is -2.13. The largest absolute Gasteiger partial charge is 0.346 e. The maximum atomic E-state index is 4.44. The van der Waals surface area contributed by atoms with Crippen LogP contribution in [0.25, 0.3) is 11.0 Å². The average molecular weight is 319 g/mol. The van der Waals surface area contributed by atoms with Crippen molar-refractivity contribution in [2.45, 2.75) is 37.1 Å². The Morgan fingerprint density at radius 1 is 1.04 bits per heavy atom. The number of aromatic amines is 1. The molecule has 1 saturated carbocycles. The molecule has 0 saturated heterocycles. The number of benzene rings is 1. The summed E-state index contributed by atoms with van der Waals surface area (Å²) in [5, 5.41) is 1.29. The molecule has 0 atom stereocenters. The van der Waals surface area contributed by atoms with Crippen molar-refractivity contribution >= 4 is 11.0 Å². The summed E-state index contributed by atoms with van der Waals surface area (Å²) in [6.07, 6.45) is 8.86. The van der Waals surface area contributed by atoms with Gasteiger partial charge in [-0.2, -0.15) is 0 Å². The first-order valence-electron chi connectivity index (χ1n) is 8.86. The molecule has 3 nitrogen and oxygen atoms in total. The SMILES string of the molecule is CN(C)C1(c2ccccc2)CCC(c2c[nH]c3ncccc23)CC1. The molecule has 1 fully saturated rings. The van der Waals surface area contributed by atoms with Crippen molar-refractivity contribution < 1.29 is 0 Å². The van der Waals surface area contributed by atoms with Crippen molar-refractivity contribution in [1.82, 2.24) is 14.9 Å². The van der Waals surface area contributed by atoms with E-state index in [9.17, 15) is 0 Å². The molecule has 0 radical (unpaired) electrons. The lowest BCUT2D eigenvalue weighted by Gasteiger charge is -2.45. The van der Waals surface area contributed by atoms with E-state index in [0.717, 1.165) is 5.65 Å². The summed E-state index contributed by atoms with van der Waals surface area (Å²) in [5.41, 5.74) is 4.08. The molecule has 3 heteroatoms. The monoisotopic (exact) mass is 319 g/mol. The van der Waals surface area contributed by atoms with Crippen LogP contribution in [0.5, 0.6) is 0 Å². The lowest BCUT2D eigenvalue weighted by atomic mass is 9.70. The van der Waals surface area contributed by atoms with Gasteiger partial charge in [-0.15, -0.1) is 0 Å². The van der Waals surface area contributed by atoms with Crippen LogP contribution < -0.4 is 0 Å². The molecular formula is C21H25N3. The Labute approximate surface area is 143 Å². The van der Waals surface area contributed by atoms with Crippen LogP contribution >= 0.6 is 0 Å². The first kappa shape index (κ1) is 15.4. The lowest BCUT2D eigenvalue weighted by molar-refractivity contribution is 0.0911. The summed E-state index contributed by atoms with van der Waals surface area (Å²) in [5.74, 6) is 0.625. The Morgan fingerprint density at radius 2 is 1.79 bits per heavy atom. The van der Waals surface area contributed by atoms with Gasteiger partial charge in [-0.25, -0.2) is 4.98 Å². The quantitative estimate of drug-likeness (QED) is 0.760. The summed E-state index contributed by atoms with van der Waals surface area (Å²) >= 11 is 0. The Kier molecular flexibility index (Phi) is 3.89.